The van der Waals surface area contributed by atoms with E-state index in [0.29, 0.717) is 5.82 Å². The third kappa shape index (κ3) is 4.86. The van der Waals surface area contributed by atoms with Crippen molar-refractivity contribution in [1.29, 1.82) is 0 Å². The first-order chi connectivity index (χ1) is 28.7. The standard InChI is InChI=1S/C55H36N2O/c1-2-15-36(16-3-1)54-56-50(34-51(57-54)40-30-31-42-38(33-40)29-28-35-14-4-5-19-41(35)42)39-18-12-17-37(32-39)43-22-13-26-49-53(43)58-52-27-11-10-25-48(52)55(49)46-23-8-6-20-44(46)45-21-7-9-24-47(45)55/h1-21,23-34,43H,22H2. The Morgan fingerprint density at radius 2 is 1.12 bits per heavy atom. The summed E-state index contributed by atoms with van der Waals surface area (Å²) in [6, 6.07) is 67.5. The number of allylic oxidation sites excluding steroid dienone is 4. The first-order valence-electron chi connectivity index (χ1n) is 20.1. The minimum Gasteiger partial charge on any atom is -0.460 e. The molecule has 1 aliphatic heterocycles. The van der Waals surface area contributed by atoms with Crippen molar-refractivity contribution in [1.82, 2.24) is 9.97 Å². The summed E-state index contributed by atoms with van der Waals surface area (Å²) >= 11 is 0. The molecule has 0 saturated carbocycles. The fraction of sp³-hybridized carbons (Fsp3) is 0.0545. The molecule has 1 atom stereocenters. The Bertz CT molecular complexity index is 3150. The van der Waals surface area contributed by atoms with Crippen molar-refractivity contribution in [3.63, 3.8) is 0 Å². The van der Waals surface area contributed by atoms with Crippen LogP contribution in [0, 0.1) is 0 Å². The molecule has 1 unspecified atom stereocenters. The lowest BCUT2D eigenvalue weighted by atomic mass is 9.63. The van der Waals surface area contributed by atoms with Crippen LogP contribution >= 0.6 is 0 Å². The van der Waals surface area contributed by atoms with Gasteiger partial charge in [0.25, 0.3) is 0 Å². The lowest BCUT2D eigenvalue weighted by molar-refractivity contribution is 0.345. The third-order valence-corrected chi connectivity index (χ3v) is 12.5. The molecule has 0 amide bonds. The second-order valence-electron chi connectivity index (χ2n) is 15.6. The summed E-state index contributed by atoms with van der Waals surface area (Å²) in [4.78, 5) is 10.4. The van der Waals surface area contributed by atoms with Gasteiger partial charge in [0, 0.05) is 33.7 Å². The largest absolute Gasteiger partial charge is 0.460 e. The summed E-state index contributed by atoms with van der Waals surface area (Å²) in [5, 5.41) is 4.92. The van der Waals surface area contributed by atoms with Crippen LogP contribution in [0.1, 0.15) is 34.6 Å². The quantitative estimate of drug-likeness (QED) is 0.169. The highest BCUT2D eigenvalue weighted by Gasteiger charge is 2.52. The van der Waals surface area contributed by atoms with Crippen LogP contribution in [-0.4, -0.2) is 9.97 Å². The lowest BCUT2D eigenvalue weighted by Crippen LogP contribution is -2.36. The molecule has 9 aromatic rings. The second-order valence-corrected chi connectivity index (χ2v) is 15.6. The van der Waals surface area contributed by atoms with Crippen molar-refractivity contribution in [2.45, 2.75) is 17.8 Å². The van der Waals surface area contributed by atoms with E-state index in [0.717, 1.165) is 46.0 Å². The minimum atomic E-state index is -0.484. The lowest BCUT2D eigenvalue weighted by Gasteiger charge is -2.43. The summed E-state index contributed by atoms with van der Waals surface area (Å²) in [5.41, 5.74) is 13.2. The number of benzene rings is 8. The van der Waals surface area contributed by atoms with Gasteiger partial charge in [0.1, 0.15) is 11.5 Å². The van der Waals surface area contributed by atoms with Gasteiger partial charge in [0.2, 0.25) is 0 Å². The molecule has 0 N–H and O–H groups in total. The topological polar surface area (TPSA) is 35.0 Å². The van der Waals surface area contributed by atoms with E-state index in [1.54, 1.807) is 0 Å². The van der Waals surface area contributed by atoms with E-state index in [-0.39, 0.29) is 5.92 Å². The zero-order valence-corrected chi connectivity index (χ0v) is 31.6. The van der Waals surface area contributed by atoms with Crippen molar-refractivity contribution in [2.75, 3.05) is 0 Å². The predicted octanol–water partition coefficient (Wildman–Crippen LogP) is 13.5. The molecule has 272 valence electrons. The molecule has 0 bridgehead atoms. The highest BCUT2D eigenvalue weighted by atomic mass is 16.5. The Kier molecular flexibility index (Phi) is 7.27. The maximum absolute atomic E-state index is 7.08. The van der Waals surface area contributed by atoms with Crippen LogP contribution in [0.15, 0.2) is 212 Å². The molecule has 1 aromatic heterocycles. The van der Waals surface area contributed by atoms with Crippen LogP contribution in [0.3, 0.4) is 0 Å². The number of aromatic nitrogens is 2. The smallest absolute Gasteiger partial charge is 0.160 e. The normalized spacial score (nSPS) is 15.8. The Balaban J connectivity index is 1.01. The van der Waals surface area contributed by atoms with Gasteiger partial charge in [-0.25, -0.2) is 9.97 Å². The molecule has 1 spiro atoms. The van der Waals surface area contributed by atoms with Crippen LogP contribution in [0.25, 0.3) is 66.6 Å². The SMILES string of the molecule is C1=CC2=C(Oc3ccccc3C23c2ccccc2-c2ccccc23)C(c2cccc(-c3cc(-c4ccc5c(ccc6ccccc65)c4)nc(-c4ccccc4)n3)c2)C1. The Morgan fingerprint density at radius 1 is 0.483 bits per heavy atom. The van der Waals surface area contributed by atoms with Crippen molar-refractivity contribution < 1.29 is 4.74 Å². The summed E-state index contributed by atoms with van der Waals surface area (Å²) in [6.07, 6.45) is 5.51. The fourth-order valence-corrected chi connectivity index (χ4v) is 9.91. The first-order valence-corrected chi connectivity index (χ1v) is 20.1. The Morgan fingerprint density at radius 3 is 1.93 bits per heavy atom. The molecule has 0 saturated heterocycles. The van der Waals surface area contributed by atoms with Gasteiger partial charge in [0.15, 0.2) is 5.82 Å². The highest BCUT2D eigenvalue weighted by Crippen LogP contribution is 2.62. The fourth-order valence-electron chi connectivity index (χ4n) is 9.91. The minimum absolute atomic E-state index is 0.00955. The molecular formula is C55H36N2O. The number of ether oxygens (including phenoxy) is 1. The predicted molar refractivity (Wildman–Crippen MR) is 236 cm³/mol. The van der Waals surface area contributed by atoms with Crippen LogP contribution in [0.5, 0.6) is 5.75 Å². The van der Waals surface area contributed by atoms with Gasteiger partial charge in [-0.05, 0) is 80.0 Å². The van der Waals surface area contributed by atoms with Gasteiger partial charge in [-0.1, -0.05) is 176 Å². The molecule has 58 heavy (non-hydrogen) atoms. The van der Waals surface area contributed by atoms with Gasteiger partial charge in [-0.2, -0.15) is 0 Å². The maximum Gasteiger partial charge on any atom is 0.160 e. The highest BCUT2D eigenvalue weighted by molar-refractivity contribution is 6.08. The van der Waals surface area contributed by atoms with Crippen LogP contribution in [-0.2, 0) is 5.41 Å². The number of hydrogen-bond acceptors (Lipinski definition) is 3. The van der Waals surface area contributed by atoms with Crippen molar-refractivity contribution in [3.8, 4) is 50.8 Å². The van der Waals surface area contributed by atoms with E-state index in [1.165, 1.54) is 60.5 Å². The van der Waals surface area contributed by atoms with Gasteiger partial charge < -0.3 is 4.74 Å². The summed E-state index contributed by atoms with van der Waals surface area (Å²) in [7, 11) is 0. The van der Waals surface area contributed by atoms with Crippen LogP contribution < -0.4 is 4.74 Å². The number of fused-ring (bicyclic) bond motifs is 11. The van der Waals surface area contributed by atoms with Crippen LogP contribution in [0.2, 0.25) is 0 Å². The van der Waals surface area contributed by atoms with E-state index < -0.39 is 5.41 Å². The second kappa shape index (κ2) is 12.8. The van der Waals surface area contributed by atoms with E-state index in [1.807, 2.05) is 18.2 Å². The average Bonchev–Trinajstić information content (AvgIpc) is 3.59. The van der Waals surface area contributed by atoms with E-state index in [4.69, 9.17) is 14.7 Å². The maximum atomic E-state index is 7.08. The van der Waals surface area contributed by atoms with Gasteiger partial charge in [-0.3, -0.25) is 0 Å². The first kappa shape index (κ1) is 32.8. The van der Waals surface area contributed by atoms with Crippen molar-refractivity contribution >= 4 is 21.5 Å². The summed E-state index contributed by atoms with van der Waals surface area (Å²) in [6.45, 7) is 0. The molecule has 0 radical (unpaired) electrons. The molecular weight excluding hydrogens is 705 g/mol. The van der Waals surface area contributed by atoms with Crippen molar-refractivity contribution in [2.24, 2.45) is 0 Å². The monoisotopic (exact) mass is 740 g/mol. The van der Waals surface area contributed by atoms with E-state index in [2.05, 4.69) is 182 Å². The van der Waals surface area contributed by atoms with E-state index >= 15 is 0 Å². The Labute approximate surface area is 337 Å². The molecule has 0 fully saturated rings. The molecule has 12 rings (SSSR count). The third-order valence-electron chi connectivity index (χ3n) is 12.5. The number of hydrogen-bond donors (Lipinski definition) is 0. The zero-order chi connectivity index (χ0) is 38.2. The van der Waals surface area contributed by atoms with Gasteiger partial charge in [0.05, 0.1) is 16.8 Å². The molecule has 8 aromatic carbocycles. The van der Waals surface area contributed by atoms with Crippen molar-refractivity contribution in [3.05, 3.63) is 234 Å². The van der Waals surface area contributed by atoms with Gasteiger partial charge >= 0.3 is 0 Å². The average molecular weight is 741 g/mol. The van der Waals surface area contributed by atoms with E-state index in [9.17, 15) is 0 Å². The Hall–Kier alpha value is -7.36. The summed E-state index contributed by atoms with van der Waals surface area (Å²) in [5.74, 6) is 2.65. The molecule has 2 heterocycles. The summed E-state index contributed by atoms with van der Waals surface area (Å²) < 4.78 is 7.08. The molecule has 3 heteroatoms. The molecule has 2 aliphatic carbocycles. The number of nitrogens with zero attached hydrogens (tertiary/aromatic N) is 2. The zero-order valence-electron chi connectivity index (χ0n) is 31.6. The number of rotatable bonds is 4. The van der Waals surface area contributed by atoms with Gasteiger partial charge in [-0.15, -0.1) is 0 Å². The van der Waals surface area contributed by atoms with Crippen LogP contribution in [0.4, 0.5) is 0 Å². The number of para-hydroxylation sites is 1. The molecule has 3 nitrogen and oxygen atoms in total. The molecule has 3 aliphatic rings.